The fraction of sp³-hybridized carbons (Fsp3) is 0.333. The van der Waals surface area contributed by atoms with Crippen LogP contribution in [-0.2, 0) is 11.3 Å². The molecule has 3 heterocycles. The molecule has 0 aliphatic carbocycles. The fourth-order valence-corrected chi connectivity index (χ4v) is 3.55. The third-order valence-corrected chi connectivity index (χ3v) is 5.11. The standard InChI is InChI=1S/C21H23N7O2/c1-22-20-10-24-21(11-23-20)25-19-9-17(26-27-19)16-5-4-14(8-18(16)30-3)12-28-7-6-15(13-28)29-2/h4-5,8-11,15H,6-7,12-13H2,2-3H3,(H2,24,25,26,27)/t15-/m0/s1. The molecule has 0 amide bonds. The highest BCUT2D eigenvalue weighted by atomic mass is 16.5. The van der Waals surface area contributed by atoms with E-state index >= 15 is 0 Å². The van der Waals surface area contributed by atoms with Crippen LogP contribution >= 0.6 is 0 Å². The molecule has 1 atom stereocenters. The Morgan fingerprint density at radius 1 is 1.23 bits per heavy atom. The molecule has 154 valence electrons. The molecule has 1 aliphatic heterocycles. The summed E-state index contributed by atoms with van der Waals surface area (Å²) in [4.78, 5) is 13.8. The van der Waals surface area contributed by atoms with Gasteiger partial charge in [0.25, 0.3) is 5.82 Å². The number of ether oxygens (including phenoxy) is 2. The fourth-order valence-electron chi connectivity index (χ4n) is 3.55. The van der Waals surface area contributed by atoms with Gasteiger partial charge in [-0.15, -0.1) is 4.98 Å². The third kappa shape index (κ3) is 4.40. The van der Waals surface area contributed by atoms with Gasteiger partial charge in [-0.2, -0.15) is 5.10 Å². The van der Waals surface area contributed by atoms with Crippen LogP contribution in [0.25, 0.3) is 16.1 Å². The van der Waals surface area contributed by atoms with Crippen molar-refractivity contribution in [2.45, 2.75) is 19.1 Å². The summed E-state index contributed by atoms with van der Waals surface area (Å²) in [5.41, 5.74) is 2.94. The zero-order chi connectivity index (χ0) is 20.9. The molecule has 3 aromatic rings. The van der Waals surface area contributed by atoms with Crippen molar-refractivity contribution in [1.82, 2.24) is 25.1 Å². The summed E-state index contributed by atoms with van der Waals surface area (Å²) < 4.78 is 11.1. The van der Waals surface area contributed by atoms with Crippen LogP contribution in [0, 0.1) is 6.57 Å². The summed E-state index contributed by atoms with van der Waals surface area (Å²) >= 11 is 0. The van der Waals surface area contributed by atoms with E-state index in [9.17, 15) is 0 Å². The quantitative estimate of drug-likeness (QED) is 0.582. The molecule has 1 fully saturated rings. The van der Waals surface area contributed by atoms with Gasteiger partial charge in [0.2, 0.25) is 0 Å². The molecule has 4 rings (SSSR count). The number of hydrogen-bond acceptors (Lipinski definition) is 7. The number of hydrogen-bond donors (Lipinski definition) is 2. The molecule has 0 bridgehead atoms. The van der Waals surface area contributed by atoms with Crippen LogP contribution in [0.4, 0.5) is 17.5 Å². The van der Waals surface area contributed by atoms with E-state index in [-0.39, 0.29) is 5.82 Å². The van der Waals surface area contributed by atoms with Crippen molar-refractivity contribution in [3.05, 3.63) is 53.6 Å². The first kappa shape index (κ1) is 19.8. The average molecular weight is 405 g/mol. The van der Waals surface area contributed by atoms with E-state index in [0.717, 1.165) is 43.1 Å². The van der Waals surface area contributed by atoms with Gasteiger partial charge in [0.1, 0.15) is 5.75 Å². The normalized spacial score (nSPS) is 16.4. The second-order valence-electron chi connectivity index (χ2n) is 7.08. The van der Waals surface area contributed by atoms with Crippen LogP contribution in [0.1, 0.15) is 12.0 Å². The summed E-state index contributed by atoms with van der Waals surface area (Å²) in [5, 5.41) is 10.4. The SMILES string of the molecule is [C-]#[N+]c1cnc(Nc2cc(-c3ccc(CN4CC[C@H](OC)C4)cc3OC)[nH]n2)cn1. The largest absolute Gasteiger partial charge is 0.496 e. The van der Waals surface area contributed by atoms with Crippen molar-refractivity contribution in [1.29, 1.82) is 0 Å². The molecular formula is C21H23N7O2. The first-order valence-corrected chi connectivity index (χ1v) is 9.63. The van der Waals surface area contributed by atoms with Crippen molar-refractivity contribution in [2.24, 2.45) is 0 Å². The second-order valence-corrected chi connectivity index (χ2v) is 7.08. The molecule has 1 saturated heterocycles. The second kappa shape index (κ2) is 8.90. The van der Waals surface area contributed by atoms with Gasteiger partial charge in [-0.3, -0.25) is 10.00 Å². The Bertz CT molecular complexity index is 1040. The highest BCUT2D eigenvalue weighted by Gasteiger charge is 2.22. The number of anilines is 2. The molecule has 2 N–H and O–H groups in total. The van der Waals surface area contributed by atoms with Crippen LogP contribution in [0.2, 0.25) is 0 Å². The van der Waals surface area contributed by atoms with E-state index in [1.54, 1.807) is 14.2 Å². The molecule has 0 spiro atoms. The lowest BCUT2D eigenvalue weighted by Gasteiger charge is -2.17. The minimum Gasteiger partial charge on any atom is -0.496 e. The summed E-state index contributed by atoms with van der Waals surface area (Å²) in [6.07, 6.45) is 4.31. The summed E-state index contributed by atoms with van der Waals surface area (Å²) in [6, 6.07) is 8.10. The van der Waals surface area contributed by atoms with Gasteiger partial charge in [-0.05, 0) is 24.1 Å². The lowest BCUT2D eigenvalue weighted by Crippen LogP contribution is -2.22. The van der Waals surface area contributed by atoms with Gasteiger partial charge in [0.15, 0.2) is 17.8 Å². The number of methoxy groups -OCH3 is 2. The molecular weight excluding hydrogens is 382 g/mol. The Kier molecular flexibility index (Phi) is 5.88. The van der Waals surface area contributed by atoms with Crippen molar-refractivity contribution in [3.63, 3.8) is 0 Å². The van der Waals surface area contributed by atoms with Crippen molar-refractivity contribution in [2.75, 3.05) is 32.6 Å². The van der Waals surface area contributed by atoms with Crippen LogP contribution in [0.5, 0.6) is 5.75 Å². The number of benzene rings is 1. The summed E-state index contributed by atoms with van der Waals surface area (Å²) in [7, 11) is 3.44. The van der Waals surface area contributed by atoms with Crippen molar-refractivity contribution in [3.8, 4) is 17.0 Å². The monoisotopic (exact) mass is 405 g/mol. The third-order valence-electron chi connectivity index (χ3n) is 5.11. The van der Waals surface area contributed by atoms with Crippen molar-refractivity contribution < 1.29 is 9.47 Å². The van der Waals surface area contributed by atoms with Crippen LogP contribution in [-0.4, -0.2) is 58.5 Å². The lowest BCUT2D eigenvalue weighted by molar-refractivity contribution is 0.107. The summed E-state index contributed by atoms with van der Waals surface area (Å²) in [6.45, 7) is 9.79. The number of nitrogens with zero attached hydrogens (tertiary/aromatic N) is 5. The highest BCUT2D eigenvalue weighted by molar-refractivity contribution is 5.71. The van der Waals surface area contributed by atoms with Gasteiger partial charge in [0.05, 0.1) is 25.1 Å². The zero-order valence-corrected chi connectivity index (χ0v) is 16.9. The summed E-state index contributed by atoms with van der Waals surface area (Å²) in [5.74, 6) is 2.15. The van der Waals surface area contributed by atoms with Crippen LogP contribution in [0.3, 0.4) is 0 Å². The molecule has 30 heavy (non-hydrogen) atoms. The minimum atomic E-state index is 0.250. The van der Waals surface area contributed by atoms with Gasteiger partial charge >= 0.3 is 0 Å². The molecule has 0 radical (unpaired) electrons. The van der Waals surface area contributed by atoms with E-state index in [1.165, 1.54) is 18.0 Å². The van der Waals surface area contributed by atoms with E-state index in [4.69, 9.17) is 16.0 Å². The van der Waals surface area contributed by atoms with E-state index in [1.807, 2.05) is 12.1 Å². The smallest absolute Gasteiger partial charge is 0.288 e. The molecule has 2 aromatic heterocycles. The predicted octanol–water partition coefficient (Wildman–Crippen LogP) is 3.39. The first-order valence-electron chi connectivity index (χ1n) is 9.63. The van der Waals surface area contributed by atoms with E-state index < -0.39 is 0 Å². The Hall–Kier alpha value is -3.48. The topological polar surface area (TPSA) is 92.6 Å². The van der Waals surface area contributed by atoms with Crippen LogP contribution < -0.4 is 10.1 Å². The lowest BCUT2D eigenvalue weighted by atomic mass is 10.1. The molecule has 0 saturated carbocycles. The number of nitrogens with one attached hydrogen (secondary N) is 2. The molecule has 9 heteroatoms. The molecule has 1 aromatic carbocycles. The average Bonchev–Trinajstić information content (AvgIpc) is 3.43. The van der Waals surface area contributed by atoms with Gasteiger partial charge in [0, 0.05) is 38.4 Å². The van der Waals surface area contributed by atoms with Crippen LogP contribution in [0.15, 0.2) is 36.7 Å². The van der Waals surface area contributed by atoms with Crippen molar-refractivity contribution >= 4 is 17.5 Å². The molecule has 0 unspecified atom stereocenters. The Morgan fingerprint density at radius 2 is 2.13 bits per heavy atom. The number of aromatic nitrogens is 4. The van der Waals surface area contributed by atoms with Gasteiger partial charge in [-0.1, -0.05) is 12.6 Å². The van der Waals surface area contributed by atoms with Gasteiger partial charge < -0.3 is 19.6 Å². The number of likely N-dealkylation sites (tertiary alicyclic amines) is 1. The van der Waals surface area contributed by atoms with E-state index in [0.29, 0.717) is 17.7 Å². The van der Waals surface area contributed by atoms with E-state index in [2.05, 4.69) is 47.4 Å². The molecule has 9 nitrogen and oxygen atoms in total. The highest BCUT2D eigenvalue weighted by Crippen LogP contribution is 2.32. The van der Waals surface area contributed by atoms with Gasteiger partial charge in [-0.25, -0.2) is 4.98 Å². The maximum Gasteiger partial charge on any atom is 0.288 e. The Balaban J connectivity index is 1.47. The number of H-pyrrole nitrogens is 1. The number of aromatic amines is 1. The predicted molar refractivity (Wildman–Crippen MR) is 113 cm³/mol. The minimum absolute atomic E-state index is 0.250. The molecule has 1 aliphatic rings. The number of rotatable bonds is 7. The maximum absolute atomic E-state index is 6.93. The Morgan fingerprint density at radius 3 is 2.83 bits per heavy atom. The Labute approximate surface area is 174 Å². The first-order chi connectivity index (χ1) is 14.7. The maximum atomic E-state index is 6.93. The zero-order valence-electron chi connectivity index (χ0n) is 16.9.